The number of rotatable bonds is 7. The van der Waals surface area contributed by atoms with Gasteiger partial charge < -0.3 is 19.5 Å². The second kappa shape index (κ2) is 9.70. The summed E-state index contributed by atoms with van der Waals surface area (Å²) in [5.41, 5.74) is -1.87. The zero-order valence-electron chi connectivity index (χ0n) is 16.6. The van der Waals surface area contributed by atoms with E-state index in [4.69, 9.17) is 9.88 Å². The van der Waals surface area contributed by atoms with Gasteiger partial charge in [0.05, 0.1) is 25.2 Å². The molecule has 0 saturated carbocycles. The molecule has 0 radical (unpaired) electrons. The molecule has 0 aliphatic rings. The lowest BCUT2D eigenvalue weighted by Gasteiger charge is -2.16. The maximum absolute atomic E-state index is 13.6. The number of anilines is 1. The SMILES string of the molecule is COC(=O)/C=C(/Nc1ccc(Oc2ccc(S(N)(=O)=O)cc2)c(C(F)(F)F)c1)C(=O)OC. The molecular weight excluding hydrogens is 457 g/mol. The van der Waals surface area contributed by atoms with E-state index in [1.807, 2.05) is 0 Å². The number of carbonyl (C=O) groups excluding carboxylic acids is 2. The van der Waals surface area contributed by atoms with Crippen molar-refractivity contribution in [2.45, 2.75) is 11.1 Å². The van der Waals surface area contributed by atoms with E-state index >= 15 is 0 Å². The zero-order valence-corrected chi connectivity index (χ0v) is 17.4. The highest BCUT2D eigenvalue weighted by molar-refractivity contribution is 7.89. The molecule has 0 saturated heterocycles. The van der Waals surface area contributed by atoms with Gasteiger partial charge in [0.2, 0.25) is 10.0 Å². The fourth-order valence-electron chi connectivity index (χ4n) is 2.33. The number of benzene rings is 2. The second-order valence-electron chi connectivity index (χ2n) is 6.02. The summed E-state index contributed by atoms with van der Waals surface area (Å²) in [7, 11) is -1.91. The van der Waals surface area contributed by atoms with E-state index in [1.54, 1.807) is 0 Å². The average Bonchev–Trinajstić information content (AvgIpc) is 2.72. The Labute approximate surface area is 180 Å². The summed E-state index contributed by atoms with van der Waals surface area (Å²) < 4.78 is 77.5. The molecule has 9 nitrogen and oxygen atoms in total. The number of methoxy groups -OCH3 is 2. The number of hydrogen-bond acceptors (Lipinski definition) is 8. The van der Waals surface area contributed by atoms with Crippen LogP contribution in [0.1, 0.15) is 5.56 Å². The Balaban J connectivity index is 2.40. The fraction of sp³-hybridized carbons (Fsp3) is 0.158. The van der Waals surface area contributed by atoms with E-state index in [9.17, 15) is 31.2 Å². The van der Waals surface area contributed by atoms with E-state index in [1.165, 1.54) is 0 Å². The quantitative estimate of drug-likeness (QED) is 0.462. The van der Waals surface area contributed by atoms with Gasteiger partial charge in [0.1, 0.15) is 22.8 Å². The van der Waals surface area contributed by atoms with Gasteiger partial charge in [-0.2, -0.15) is 13.2 Å². The molecule has 32 heavy (non-hydrogen) atoms. The monoisotopic (exact) mass is 474 g/mol. The first-order valence-electron chi connectivity index (χ1n) is 8.52. The first kappa shape index (κ1) is 24.7. The molecule has 0 aliphatic carbocycles. The summed E-state index contributed by atoms with van der Waals surface area (Å²) >= 11 is 0. The fourth-order valence-corrected chi connectivity index (χ4v) is 2.85. The van der Waals surface area contributed by atoms with Gasteiger partial charge in [0.25, 0.3) is 0 Å². The van der Waals surface area contributed by atoms with E-state index in [0.29, 0.717) is 6.07 Å². The van der Waals surface area contributed by atoms with Gasteiger partial charge in [-0.15, -0.1) is 0 Å². The van der Waals surface area contributed by atoms with Crippen LogP contribution < -0.4 is 15.2 Å². The third kappa shape index (κ3) is 6.46. The maximum Gasteiger partial charge on any atom is 0.420 e. The molecule has 0 spiro atoms. The van der Waals surface area contributed by atoms with Crippen molar-refractivity contribution in [1.82, 2.24) is 0 Å². The molecule has 0 amide bonds. The molecule has 0 heterocycles. The standard InChI is InChI=1S/C19H17F3N2O7S/c1-29-17(25)10-15(18(26)30-2)24-11-3-8-16(14(9-11)19(20,21)22)31-12-4-6-13(7-5-12)32(23,27)28/h3-10,24H,1-2H3,(H2,23,27,28)/b15-10+. The van der Waals surface area contributed by atoms with Crippen molar-refractivity contribution >= 4 is 27.6 Å². The van der Waals surface area contributed by atoms with Crippen LogP contribution in [0.3, 0.4) is 0 Å². The molecule has 0 aliphatic heterocycles. The number of nitrogens with one attached hydrogen (secondary N) is 1. The number of carbonyl (C=O) groups is 2. The molecule has 2 aromatic rings. The van der Waals surface area contributed by atoms with Crippen molar-refractivity contribution in [2.24, 2.45) is 5.14 Å². The number of alkyl halides is 3. The van der Waals surface area contributed by atoms with Crippen LogP contribution in [0.25, 0.3) is 0 Å². The Morgan fingerprint density at radius 3 is 2.16 bits per heavy atom. The first-order valence-corrected chi connectivity index (χ1v) is 10.1. The number of sulfonamides is 1. The van der Waals surface area contributed by atoms with Crippen molar-refractivity contribution in [2.75, 3.05) is 19.5 Å². The van der Waals surface area contributed by atoms with Crippen LogP contribution in [0, 0.1) is 0 Å². The number of halogens is 3. The van der Waals surface area contributed by atoms with E-state index < -0.39 is 45.1 Å². The van der Waals surface area contributed by atoms with Crippen molar-refractivity contribution in [3.63, 3.8) is 0 Å². The highest BCUT2D eigenvalue weighted by atomic mass is 32.2. The normalized spacial score (nSPS) is 12.1. The molecule has 2 rings (SSSR count). The molecule has 172 valence electrons. The van der Waals surface area contributed by atoms with Crippen molar-refractivity contribution in [3.05, 3.63) is 59.8 Å². The molecular formula is C19H17F3N2O7S. The Morgan fingerprint density at radius 2 is 1.66 bits per heavy atom. The predicted octanol–water partition coefficient (Wildman–Crippen LogP) is 2.79. The second-order valence-corrected chi connectivity index (χ2v) is 7.59. The van der Waals surface area contributed by atoms with Crippen LogP contribution in [0.5, 0.6) is 11.5 Å². The van der Waals surface area contributed by atoms with Crippen LogP contribution in [0.2, 0.25) is 0 Å². The maximum atomic E-state index is 13.6. The lowest BCUT2D eigenvalue weighted by molar-refractivity contribution is -0.138. The Bertz CT molecular complexity index is 1140. The lowest BCUT2D eigenvalue weighted by atomic mass is 10.1. The van der Waals surface area contributed by atoms with Crippen LogP contribution in [0.15, 0.2) is 59.1 Å². The van der Waals surface area contributed by atoms with Gasteiger partial charge in [-0.1, -0.05) is 0 Å². The van der Waals surface area contributed by atoms with Gasteiger partial charge in [-0.05, 0) is 42.5 Å². The van der Waals surface area contributed by atoms with Crippen LogP contribution >= 0.6 is 0 Å². The number of primary sulfonamides is 1. The Hall–Kier alpha value is -3.58. The molecule has 2 aromatic carbocycles. The topological polar surface area (TPSA) is 134 Å². The summed E-state index contributed by atoms with van der Waals surface area (Å²) in [5.74, 6) is -2.62. The van der Waals surface area contributed by atoms with Gasteiger partial charge >= 0.3 is 18.1 Å². The third-order valence-corrected chi connectivity index (χ3v) is 4.74. The summed E-state index contributed by atoms with van der Waals surface area (Å²) in [6, 6.07) is 7.23. The minimum atomic E-state index is -4.86. The van der Waals surface area contributed by atoms with Gasteiger partial charge in [0, 0.05) is 5.69 Å². The minimum Gasteiger partial charge on any atom is -0.466 e. The Kier molecular flexibility index (Phi) is 7.48. The summed E-state index contributed by atoms with van der Waals surface area (Å²) in [6.07, 6.45) is -4.14. The van der Waals surface area contributed by atoms with E-state index in [0.717, 1.165) is 56.7 Å². The molecule has 0 bridgehead atoms. The minimum absolute atomic E-state index is 0.0792. The van der Waals surface area contributed by atoms with E-state index in [2.05, 4.69) is 14.8 Å². The van der Waals surface area contributed by atoms with Gasteiger partial charge in [0.15, 0.2) is 0 Å². The van der Waals surface area contributed by atoms with Crippen molar-refractivity contribution in [3.8, 4) is 11.5 Å². The Morgan fingerprint density at radius 1 is 1.03 bits per heavy atom. The van der Waals surface area contributed by atoms with Crippen molar-refractivity contribution < 1.29 is 45.4 Å². The first-order chi connectivity index (χ1) is 14.8. The molecule has 0 unspecified atom stereocenters. The smallest absolute Gasteiger partial charge is 0.420 e. The highest BCUT2D eigenvalue weighted by Crippen LogP contribution is 2.40. The molecule has 0 atom stereocenters. The van der Waals surface area contributed by atoms with Crippen LogP contribution in [-0.2, 0) is 35.3 Å². The summed E-state index contributed by atoms with van der Waals surface area (Å²) in [5, 5.41) is 7.35. The molecule has 3 N–H and O–H groups in total. The third-order valence-electron chi connectivity index (χ3n) is 3.81. The van der Waals surface area contributed by atoms with E-state index in [-0.39, 0.29) is 16.3 Å². The number of nitrogens with two attached hydrogens (primary N) is 1. The van der Waals surface area contributed by atoms with Crippen LogP contribution in [0.4, 0.5) is 18.9 Å². The van der Waals surface area contributed by atoms with Crippen molar-refractivity contribution in [1.29, 1.82) is 0 Å². The summed E-state index contributed by atoms with van der Waals surface area (Å²) in [4.78, 5) is 23.0. The number of esters is 2. The van der Waals surface area contributed by atoms with Crippen LogP contribution in [-0.4, -0.2) is 34.6 Å². The molecule has 0 aromatic heterocycles. The number of ether oxygens (including phenoxy) is 3. The summed E-state index contributed by atoms with van der Waals surface area (Å²) in [6.45, 7) is 0. The lowest BCUT2D eigenvalue weighted by Crippen LogP contribution is -2.16. The zero-order chi connectivity index (χ0) is 24.1. The highest BCUT2D eigenvalue weighted by Gasteiger charge is 2.35. The van der Waals surface area contributed by atoms with Gasteiger partial charge in [-0.3, -0.25) is 0 Å². The number of hydrogen-bond donors (Lipinski definition) is 2. The average molecular weight is 474 g/mol. The molecule has 0 fully saturated rings. The van der Waals surface area contributed by atoms with Gasteiger partial charge in [-0.25, -0.2) is 23.1 Å². The largest absolute Gasteiger partial charge is 0.466 e. The molecule has 13 heteroatoms. The predicted molar refractivity (Wildman–Crippen MR) is 105 cm³/mol.